The summed E-state index contributed by atoms with van der Waals surface area (Å²) in [6, 6.07) is 8.86. The number of thioether (sulfide) groups is 1. The molecule has 3 aromatic rings. The Morgan fingerprint density at radius 1 is 1.24 bits per heavy atom. The van der Waals surface area contributed by atoms with Crippen molar-refractivity contribution < 1.29 is 4.79 Å². The summed E-state index contributed by atoms with van der Waals surface area (Å²) in [5.74, 6) is 0.868. The first-order valence-electron chi connectivity index (χ1n) is 7.65. The number of nitrogens with one attached hydrogen (secondary N) is 1. The Labute approximate surface area is 154 Å². The largest absolute Gasteiger partial charge is 0.325 e. The Morgan fingerprint density at radius 3 is 2.64 bits per heavy atom. The molecule has 0 saturated carbocycles. The van der Waals surface area contributed by atoms with Crippen molar-refractivity contribution in [1.82, 2.24) is 9.97 Å². The fourth-order valence-electron chi connectivity index (χ4n) is 2.38. The summed E-state index contributed by atoms with van der Waals surface area (Å²) in [6.45, 7) is 6.00. The minimum atomic E-state index is -0.108. The van der Waals surface area contributed by atoms with Gasteiger partial charge >= 0.3 is 0 Å². The summed E-state index contributed by atoms with van der Waals surface area (Å²) >= 11 is 3.07. The summed E-state index contributed by atoms with van der Waals surface area (Å²) in [5.41, 5.74) is 2.42. The smallest absolute Gasteiger partial charge is 0.234 e. The first-order valence-corrected chi connectivity index (χ1v) is 9.45. The SMILES string of the molecule is Cc1nc(SCC(=O)Nc2ccc(C#N)cc2)c2c(C)c(C)sc2n1. The molecule has 0 radical (unpaired) electrons. The number of hydrogen-bond donors (Lipinski definition) is 1. The Bertz CT molecular complexity index is 987. The number of aromatic nitrogens is 2. The number of amides is 1. The summed E-state index contributed by atoms with van der Waals surface area (Å²) in [7, 11) is 0. The van der Waals surface area contributed by atoms with Crippen LogP contribution in [0.2, 0.25) is 0 Å². The molecule has 2 heterocycles. The van der Waals surface area contributed by atoms with E-state index in [1.54, 1.807) is 35.6 Å². The van der Waals surface area contributed by atoms with E-state index >= 15 is 0 Å². The molecule has 2 aromatic heterocycles. The molecule has 0 atom stereocenters. The zero-order valence-electron chi connectivity index (χ0n) is 14.1. The van der Waals surface area contributed by atoms with E-state index in [0.29, 0.717) is 17.1 Å². The van der Waals surface area contributed by atoms with Crippen molar-refractivity contribution in [3.63, 3.8) is 0 Å². The molecule has 126 valence electrons. The van der Waals surface area contributed by atoms with E-state index in [1.807, 2.05) is 6.92 Å². The van der Waals surface area contributed by atoms with Crippen molar-refractivity contribution in [3.05, 3.63) is 46.1 Å². The van der Waals surface area contributed by atoms with Gasteiger partial charge in [0, 0.05) is 16.0 Å². The van der Waals surface area contributed by atoms with Gasteiger partial charge in [0.15, 0.2) is 0 Å². The zero-order valence-corrected chi connectivity index (χ0v) is 15.7. The molecule has 0 aliphatic heterocycles. The van der Waals surface area contributed by atoms with Gasteiger partial charge < -0.3 is 5.32 Å². The fraction of sp³-hybridized carbons (Fsp3) is 0.222. The number of nitrogens with zero attached hydrogens (tertiary/aromatic N) is 3. The number of fused-ring (bicyclic) bond motifs is 1. The number of nitriles is 1. The van der Waals surface area contributed by atoms with Crippen molar-refractivity contribution >= 4 is 44.9 Å². The van der Waals surface area contributed by atoms with E-state index in [1.165, 1.54) is 22.2 Å². The highest BCUT2D eigenvalue weighted by molar-refractivity contribution is 8.00. The summed E-state index contributed by atoms with van der Waals surface area (Å²) in [5, 5.41) is 13.5. The predicted octanol–water partition coefficient (Wildman–Crippen LogP) is 4.22. The maximum atomic E-state index is 12.2. The van der Waals surface area contributed by atoms with Crippen LogP contribution in [0.4, 0.5) is 5.69 Å². The number of hydrogen-bond acceptors (Lipinski definition) is 6. The van der Waals surface area contributed by atoms with Gasteiger partial charge in [0.25, 0.3) is 0 Å². The lowest BCUT2D eigenvalue weighted by molar-refractivity contribution is -0.113. The van der Waals surface area contributed by atoms with Crippen LogP contribution in [-0.4, -0.2) is 21.6 Å². The molecule has 25 heavy (non-hydrogen) atoms. The third kappa shape index (κ3) is 3.81. The molecule has 0 aliphatic carbocycles. The summed E-state index contributed by atoms with van der Waals surface area (Å²) < 4.78 is 0. The van der Waals surface area contributed by atoms with Crippen molar-refractivity contribution in [2.75, 3.05) is 11.1 Å². The van der Waals surface area contributed by atoms with Crippen LogP contribution in [0.15, 0.2) is 29.3 Å². The molecule has 0 spiro atoms. The van der Waals surface area contributed by atoms with Gasteiger partial charge in [-0.2, -0.15) is 5.26 Å². The molecular formula is C18H16N4OS2. The molecule has 1 aromatic carbocycles. The molecule has 0 fully saturated rings. The van der Waals surface area contributed by atoms with Crippen LogP contribution < -0.4 is 5.32 Å². The summed E-state index contributed by atoms with van der Waals surface area (Å²) in [6.07, 6.45) is 0. The maximum Gasteiger partial charge on any atom is 0.234 e. The van der Waals surface area contributed by atoms with Crippen LogP contribution in [0.25, 0.3) is 10.2 Å². The summed E-state index contributed by atoms with van der Waals surface area (Å²) in [4.78, 5) is 23.4. The number of rotatable bonds is 4. The number of benzene rings is 1. The Kier molecular flexibility index (Phi) is 5.02. The molecule has 0 saturated heterocycles. The molecule has 7 heteroatoms. The van der Waals surface area contributed by atoms with Gasteiger partial charge in [-0.3, -0.25) is 4.79 Å². The van der Waals surface area contributed by atoms with Gasteiger partial charge in [-0.25, -0.2) is 9.97 Å². The average molecular weight is 368 g/mol. The maximum absolute atomic E-state index is 12.2. The van der Waals surface area contributed by atoms with E-state index in [0.717, 1.165) is 15.2 Å². The standard InChI is InChI=1S/C18H16N4OS2/c1-10-11(2)25-18-16(10)17(20-12(3)21-18)24-9-15(23)22-14-6-4-13(8-19)5-7-14/h4-7H,9H2,1-3H3,(H,22,23). The van der Waals surface area contributed by atoms with Gasteiger partial charge in [0.05, 0.1) is 17.4 Å². The number of carbonyl (C=O) groups is 1. The molecule has 1 amide bonds. The van der Waals surface area contributed by atoms with E-state index in [4.69, 9.17) is 5.26 Å². The van der Waals surface area contributed by atoms with E-state index in [2.05, 4.69) is 35.2 Å². The van der Waals surface area contributed by atoms with Crippen molar-refractivity contribution in [2.45, 2.75) is 25.8 Å². The van der Waals surface area contributed by atoms with Crippen LogP contribution in [0.1, 0.15) is 21.8 Å². The number of aryl methyl sites for hydroxylation is 3. The molecule has 1 N–H and O–H groups in total. The van der Waals surface area contributed by atoms with Gasteiger partial charge in [0.2, 0.25) is 5.91 Å². The highest BCUT2D eigenvalue weighted by Gasteiger charge is 2.15. The minimum absolute atomic E-state index is 0.108. The van der Waals surface area contributed by atoms with Gasteiger partial charge in [0.1, 0.15) is 15.7 Å². The number of anilines is 1. The molecule has 0 unspecified atom stereocenters. The number of carbonyl (C=O) groups excluding carboxylic acids is 1. The van der Waals surface area contributed by atoms with Crippen molar-refractivity contribution in [2.24, 2.45) is 0 Å². The zero-order chi connectivity index (χ0) is 18.0. The van der Waals surface area contributed by atoms with Crippen molar-refractivity contribution in [3.8, 4) is 6.07 Å². The molecule has 3 rings (SSSR count). The topological polar surface area (TPSA) is 78.7 Å². The Morgan fingerprint density at radius 2 is 1.96 bits per heavy atom. The second kappa shape index (κ2) is 7.21. The molecule has 0 bridgehead atoms. The third-order valence-corrected chi connectivity index (χ3v) is 5.82. The second-order valence-electron chi connectivity index (χ2n) is 5.57. The van der Waals surface area contributed by atoms with Crippen LogP contribution in [-0.2, 0) is 4.79 Å². The average Bonchev–Trinajstić information content (AvgIpc) is 2.87. The highest BCUT2D eigenvalue weighted by atomic mass is 32.2. The van der Waals surface area contributed by atoms with E-state index in [-0.39, 0.29) is 11.7 Å². The predicted molar refractivity (Wildman–Crippen MR) is 102 cm³/mol. The lowest BCUT2D eigenvalue weighted by Gasteiger charge is -2.07. The van der Waals surface area contributed by atoms with Gasteiger partial charge in [-0.15, -0.1) is 11.3 Å². The molecule has 5 nitrogen and oxygen atoms in total. The molecular weight excluding hydrogens is 352 g/mol. The van der Waals surface area contributed by atoms with E-state index in [9.17, 15) is 4.79 Å². The first-order chi connectivity index (χ1) is 12.0. The highest BCUT2D eigenvalue weighted by Crippen LogP contribution is 2.35. The minimum Gasteiger partial charge on any atom is -0.325 e. The van der Waals surface area contributed by atoms with Crippen molar-refractivity contribution in [1.29, 1.82) is 5.26 Å². The third-order valence-electron chi connectivity index (χ3n) is 3.75. The second-order valence-corrected chi connectivity index (χ2v) is 7.73. The molecule has 0 aliphatic rings. The van der Waals surface area contributed by atoms with Crippen LogP contribution in [0.3, 0.4) is 0 Å². The van der Waals surface area contributed by atoms with Crippen LogP contribution in [0.5, 0.6) is 0 Å². The monoisotopic (exact) mass is 368 g/mol. The van der Waals surface area contributed by atoms with Crippen LogP contribution >= 0.6 is 23.1 Å². The Balaban J connectivity index is 1.73. The quantitative estimate of drug-likeness (QED) is 0.551. The lowest BCUT2D eigenvalue weighted by Crippen LogP contribution is -2.14. The van der Waals surface area contributed by atoms with Gasteiger partial charge in [-0.1, -0.05) is 11.8 Å². The Hall–Kier alpha value is -2.43. The fourth-order valence-corrected chi connectivity index (χ4v) is 4.45. The van der Waals surface area contributed by atoms with E-state index < -0.39 is 0 Å². The first kappa shape index (κ1) is 17.4. The lowest BCUT2D eigenvalue weighted by atomic mass is 10.2. The van der Waals surface area contributed by atoms with Crippen LogP contribution in [0, 0.1) is 32.1 Å². The normalized spacial score (nSPS) is 10.6. The van der Waals surface area contributed by atoms with Gasteiger partial charge in [-0.05, 0) is 50.6 Å². The number of thiophene rings is 1.